The van der Waals surface area contributed by atoms with Crippen LogP contribution in [0.3, 0.4) is 0 Å². The third kappa shape index (κ3) is 1.99. The molecule has 0 radical (unpaired) electrons. The van der Waals surface area contributed by atoms with Crippen LogP contribution in [0.5, 0.6) is 0 Å². The van der Waals surface area contributed by atoms with E-state index in [2.05, 4.69) is 39.8 Å². The number of hydrogen-bond donors (Lipinski definition) is 0. The average molecular weight is 265 g/mol. The highest BCUT2D eigenvalue weighted by Crippen LogP contribution is 2.49. The van der Waals surface area contributed by atoms with Crippen molar-refractivity contribution in [2.24, 2.45) is 11.8 Å². The molecule has 0 fully saturated rings. The summed E-state index contributed by atoms with van der Waals surface area (Å²) < 4.78 is 0. The Hall–Kier alpha value is -0.490. The monoisotopic (exact) mass is 264 g/mol. The molecule has 2 rings (SSSR count). The lowest BCUT2D eigenvalue weighted by atomic mass is 9.70. The van der Waals surface area contributed by atoms with Crippen molar-refractivity contribution >= 4 is 11.6 Å². The van der Waals surface area contributed by atoms with E-state index in [9.17, 15) is 0 Å². The summed E-state index contributed by atoms with van der Waals surface area (Å²) in [5.41, 5.74) is 6.53. The molecule has 0 heterocycles. The molecule has 0 nitrogen and oxygen atoms in total. The minimum Gasteiger partial charge on any atom is -0.118 e. The van der Waals surface area contributed by atoms with Crippen molar-refractivity contribution in [2.45, 2.75) is 58.8 Å². The van der Waals surface area contributed by atoms with Crippen LogP contribution >= 0.6 is 11.6 Å². The van der Waals surface area contributed by atoms with Crippen molar-refractivity contribution in [3.8, 4) is 0 Å². The van der Waals surface area contributed by atoms with E-state index in [-0.39, 0.29) is 5.38 Å². The van der Waals surface area contributed by atoms with E-state index in [1.165, 1.54) is 12.8 Å². The molecule has 3 unspecified atom stereocenters. The van der Waals surface area contributed by atoms with E-state index in [0.29, 0.717) is 11.8 Å². The van der Waals surface area contributed by atoms with E-state index in [1.54, 1.807) is 22.3 Å². The third-order valence-electron chi connectivity index (χ3n) is 4.65. The Bertz CT molecular complexity index is 411. The standard InChI is InChI=1S/C17H25Cl/c1-5-11-12(6-2)14(8-4)17-15(13(11)7-3)9-10-16(17)18/h9-10,15-17H,5-8H2,1-4H3. The van der Waals surface area contributed by atoms with E-state index >= 15 is 0 Å². The van der Waals surface area contributed by atoms with Gasteiger partial charge >= 0.3 is 0 Å². The zero-order valence-electron chi connectivity index (χ0n) is 12.1. The summed E-state index contributed by atoms with van der Waals surface area (Å²) in [5, 5.41) is 0.200. The fraction of sp³-hybridized carbons (Fsp3) is 0.647. The molecule has 0 N–H and O–H groups in total. The molecule has 100 valence electrons. The van der Waals surface area contributed by atoms with Crippen LogP contribution in [-0.4, -0.2) is 5.38 Å². The molecule has 0 aromatic heterocycles. The fourth-order valence-electron chi connectivity index (χ4n) is 3.97. The summed E-state index contributed by atoms with van der Waals surface area (Å²) >= 11 is 6.55. The van der Waals surface area contributed by atoms with Gasteiger partial charge in [0, 0.05) is 11.8 Å². The number of halogens is 1. The molecule has 2 aliphatic rings. The van der Waals surface area contributed by atoms with Gasteiger partial charge in [-0.2, -0.15) is 0 Å². The maximum atomic E-state index is 6.55. The van der Waals surface area contributed by atoms with Crippen LogP contribution in [0.2, 0.25) is 0 Å². The van der Waals surface area contributed by atoms with Gasteiger partial charge in [0.15, 0.2) is 0 Å². The van der Waals surface area contributed by atoms with Gasteiger partial charge in [-0.05, 0) is 36.8 Å². The van der Waals surface area contributed by atoms with E-state index < -0.39 is 0 Å². The normalized spacial score (nSPS) is 31.3. The molecule has 0 aliphatic heterocycles. The minimum absolute atomic E-state index is 0.200. The summed E-state index contributed by atoms with van der Waals surface area (Å²) in [7, 11) is 0. The predicted octanol–water partition coefficient (Wildman–Crippen LogP) is 5.64. The molecule has 18 heavy (non-hydrogen) atoms. The molecule has 0 aromatic rings. The molecular formula is C17H25Cl. The molecule has 0 aromatic carbocycles. The first-order chi connectivity index (χ1) is 8.69. The lowest BCUT2D eigenvalue weighted by molar-refractivity contribution is 0.499. The Labute approximate surface area is 117 Å². The molecule has 3 atom stereocenters. The van der Waals surface area contributed by atoms with Crippen molar-refractivity contribution in [1.29, 1.82) is 0 Å². The van der Waals surface area contributed by atoms with Crippen LogP contribution in [-0.2, 0) is 0 Å². The van der Waals surface area contributed by atoms with Crippen molar-refractivity contribution in [1.82, 2.24) is 0 Å². The fourth-order valence-corrected chi connectivity index (χ4v) is 4.37. The number of fused-ring (bicyclic) bond motifs is 1. The Morgan fingerprint density at radius 3 is 1.89 bits per heavy atom. The average Bonchev–Trinajstić information content (AvgIpc) is 2.77. The summed E-state index contributed by atoms with van der Waals surface area (Å²) in [4.78, 5) is 0. The SMILES string of the molecule is CCC1=C(CC)C2C=CC(Cl)C2C(CC)=C1CC. The second kappa shape index (κ2) is 5.65. The van der Waals surface area contributed by atoms with Crippen LogP contribution in [0.1, 0.15) is 53.4 Å². The topological polar surface area (TPSA) is 0 Å². The highest BCUT2D eigenvalue weighted by Gasteiger charge is 2.39. The number of hydrogen-bond acceptors (Lipinski definition) is 0. The van der Waals surface area contributed by atoms with E-state index in [0.717, 1.165) is 12.8 Å². The molecular weight excluding hydrogens is 240 g/mol. The lowest BCUT2D eigenvalue weighted by Gasteiger charge is -2.36. The number of rotatable bonds is 4. The summed E-state index contributed by atoms with van der Waals surface area (Å²) in [6.45, 7) is 9.17. The smallest absolute Gasteiger partial charge is 0.0590 e. The quantitative estimate of drug-likeness (QED) is 0.455. The first-order valence-electron chi connectivity index (χ1n) is 7.45. The van der Waals surface area contributed by atoms with Gasteiger partial charge in [-0.3, -0.25) is 0 Å². The van der Waals surface area contributed by atoms with Gasteiger partial charge in [0.2, 0.25) is 0 Å². The molecule has 0 bridgehead atoms. The van der Waals surface area contributed by atoms with Gasteiger partial charge in [0.1, 0.15) is 0 Å². The highest BCUT2D eigenvalue weighted by molar-refractivity contribution is 6.22. The van der Waals surface area contributed by atoms with Gasteiger partial charge in [-0.25, -0.2) is 0 Å². The zero-order chi connectivity index (χ0) is 13.3. The molecule has 2 aliphatic carbocycles. The van der Waals surface area contributed by atoms with E-state index in [1.807, 2.05) is 0 Å². The Morgan fingerprint density at radius 1 is 0.833 bits per heavy atom. The van der Waals surface area contributed by atoms with Crippen molar-refractivity contribution < 1.29 is 0 Å². The van der Waals surface area contributed by atoms with Crippen molar-refractivity contribution in [3.63, 3.8) is 0 Å². The number of allylic oxidation sites excluding steroid dienone is 6. The second-order valence-corrected chi connectivity index (χ2v) is 5.81. The second-order valence-electron chi connectivity index (χ2n) is 5.30. The summed E-state index contributed by atoms with van der Waals surface area (Å²) in [6, 6.07) is 0. The van der Waals surface area contributed by atoms with Crippen LogP contribution in [0.4, 0.5) is 0 Å². The van der Waals surface area contributed by atoms with Gasteiger partial charge in [0.05, 0.1) is 5.38 Å². The maximum Gasteiger partial charge on any atom is 0.0590 e. The Balaban J connectivity index is 2.58. The zero-order valence-corrected chi connectivity index (χ0v) is 12.8. The first-order valence-corrected chi connectivity index (χ1v) is 7.89. The van der Waals surface area contributed by atoms with E-state index in [4.69, 9.17) is 11.6 Å². The molecule has 0 saturated heterocycles. The third-order valence-corrected chi connectivity index (χ3v) is 5.06. The minimum atomic E-state index is 0.200. The summed E-state index contributed by atoms with van der Waals surface area (Å²) in [6.07, 6.45) is 9.21. The van der Waals surface area contributed by atoms with Gasteiger partial charge in [0.25, 0.3) is 0 Å². The van der Waals surface area contributed by atoms with Crippen LogP contribution in [0, 0.1) is 11.8 Å². The van der Waals surface area contributed by atoms with Crippen molar-refractivity contribution in [3.05, 3.63) is 34.4 Å². The van der Waals surface area contributed by atoms with Crippen LogP contribution in [0.15, 0.2) is 34.4 Å². The molecule has 0 amide bonds. The van der Waals surface area contributed by atoms with Crippen molar-refractivity contribution in [2.75, 3.05) is 0 Å². The van der Waals surface area contributed by atoms with Gasteiger partial charge < -0.3 is 0 Å². The largest absolute Gasteiger partial charge is 0.118 e. The predicted molar refractivity (Wildman–Crippen MR) is 81.0 cm³/mol. The molecule has 1 heteroatoms. The maximum absolute atomic E-state index is 6.55. The molecule has 0 spiro atoms. The highest BCUT2D eigenvalue weighted by atomic mass is 35.5. The van der Waals surface area contributed by atoms with Gasteiger partial charge in [-0.1, -0.05) is 51.0 Å². The first kappa shape index (κ1) is 13.9. The Morgan fingerprint density at radius 2 is 1.39 bits per heavy atom. The number of alkyl halides is 1. The van der Waals surface area contributed by atoms with Gasteiger partial charge in [-0.15, -0.1) is 11.6 Å². The van der Waals surface area contributed by atoms with Crippen LogP contribution in [0.25, 0.3) is 0 Å². The molecule has 0 saturated carbocycles. The van der Waals surface area contributed by atoms with Crippen LogP contribution < -0.4 is 0 Å². The lowest BCUT2D eigenvalue weighted by Crippen LogP contribution is -2.26. The summed E-state index contributed by atoms with van der Waals surface area (Å²) in [5.74, 6) is 1.12. The Kier molecular flexibility index (Phi) is 4.37.